The molecule has 4 aromatic carbocycles. The van der Waals surface area contributed by atoms with E-state index < -0.39 is 40.2 Å². The topological polar surface area (TPSA) is 86.8 Å². The summed E-state index contributed by atoms with van der Waals surface area (Å²) >= 11 is 6.01. The maximum Gasteiger partial charge on any atom is 0.264 e. The predicted molar refractivity (Wildman–Crippen MR) is 171 cm³/mol. The molecule has 1 atom stereocenters. The Morgan fingerprint density at radius 1 is 0.841 bits per heavy atom. The summed E-state index contributed by atoms with van der Waals surface area (Å²) in [5.74, 6) is -1.49. The summed E-state index contributed by atoms with van der Waals surface area (Å²) in [5, 5.41) is 3.27. The fraction of sp³-hybridized carbons (Fsp3) is 0.235. The molecule has 0 aliphatic carbocycles. The zero-order valence-corrected chi connectivity index (χ0v) is 26.1. The Balaban J connectivity index is 1.79. The number of halogens is 2. The highest BCUT2D eigenvalue weighted by atomic mass is 35.5. The van der Waals surface area contributed by atoms with Gasteiger partial charge in [0.05, 0.1) is 10.6 Å². The number of amides is 2. The predicted octanol–water partition coefficient (Wildman–Crippen LogP) is 6.09. The normalized spacial score (nSPS) is 12.0. The van der Waals surface area contributed by atoms with E-state index in [4.69, 9.17) is 11.6 Å². The van der Waals surface area contributed by atoms with Crippen molar-refractivity contribution in [2.45, 2.75) is 37.8 Å². The molecule has 1 unspecified atom stereocenters. The summed E-state index contributed by atoms with van der Waals surface area (Å²) in [6.45, 7) is 3.39. The van der Waals surface area contributed by atoms with E-state index in [0.29, 0.717) is 11.6 Å². The van der Waals surface area contributed by atoms with Crippen LogP contribution in [0.15, 0.2) is 114 Å². The smallest absolute Gasteiger partial charge is 0.264 e. The summed E-state index contributed by atoms with van der Waals surface area (Å²) in [4.78, 5) is 29.3. The Hall–Kier alpha value is -4.21. The minimum atomic E-state index is -4.25. The van der Waals surface area contributed by atoms with Gasteiger partial charge in [-0.1, -0.05) is 92.2 Å². The molecular formula is C34H35ClFN3O4S. The lowest BCUT2D eigenvalue weighted by atomic mass is 10.0. The van der Waals surface area contributed by atoms with Crippen molar-refractivity contribution >= 4 is 39.1 Å². The Labute approximate surface area is 263 Å². The highest BCUT2D eigenvalue weighted by Crippen LogP contribution is 2.26. The highest BCUT2D eigenvalue weighted by Gasteiger charge is 2.35. The minimum absolute atomic E-state index is 0.0604. The number of rotatable bonds is 13. The molecule has 4 rings (SSSR count). The van der Waals surface area contributed by atoms with Gasteiger partial charge in [0.15, 0.2) is 0 Å². The molecule has 0 heterocycles. The van der Waals surface area contributed by atoms with E-state index >= 15 is 0 Å². The van der Waals surface area contributed by atoms with Gasteiger partial charge in [-0.05, 0) is 53.9 Å². The molecule has 0 saturated heterocycles. The number of para-hydroxylation sites is 1. The van der Waals surface area contributed by atoms with E-state index in [1.54, 1.807) is 42.5 Å². The number of carbonyl (C=O) groups excluding carboxylic acids is 2. The summed E-state index contributed by atoms with van der Waals surface area (Å²) in [5.41, 5.74) is 1.24. The molecule has 44 heavy (non-hydrogen) atoms. The monoisotopic (exact) mass is 635 g/mol. The van der Waals surface area contributed by atoms with Gasteiger partial charge in [-0.3, -0.25) is 13.9 Å². The fourth-order valence-corrected chi connectivity index (χ4v) is 6.18. The molecule has 0 spiro atoms. The third kappa shape index (κ3) is 8.45. The maximum absolute atomic E-state index is 15.0. The second-order valence-electron chi connectivity index (χ2n) is 10.8. The van der Waals surface area contributed by atoms with Gasteiger partial charge < -0.3 is 10.2 Å². The zero-order chi connectivity index (χ0) is 31.7. The Morgan fingerprint density at radius 2 is 1.43 bits per heavy atom. The average Bonchev–Trinajstić information content (AvgIpc) is 3.02. The number of benzene rings is 4. The molecule has 2 amide bonds. The molecule has 4 aromatic rings. The lowest BCUT2D eigenvalue weighted by molar-refractivity contribution is -0.140. The van der Waals surface area contributed by atoms with Crippen LogP contribution in [0, 0.1) is 11.7 Å². The fourth-order valence-electron chi connectivity index (χ4n) is 4.64. The number of anilines is 1. The highest BCUT2D eigenvalue weighted by molar-refractivity contribution is 7.92. The van der Waals surface area contributed by atoms with Crippen molar-refractivity contribution in [3.05, 3.63) is 131 Å². The van der Waals surface area contributed by atoms with E-state index in [2.05, 4.69) is 5.32 Å². The first-order valence-electron chi connectivity index (χ1n) is 14.2. The third-order valence-corrected chi connectivity index (χ3v) is 9.02. The molecule has 230 valence electrons. The molecular weight excluding hydrogens is 601 g/mol. The van der Waals surface area contributed by atoms with Gasteiger partial charge in [-0.25, -0.2) is 12.8 Å². The molecule has 0 aliphatic rings. The van der Waals surface area contributed by atoms with E-state index in [1.165, 1.54) is 41.3 Å². The lowest BCUT2D eigenvalue weighted by Gasteiger charge is -2.34. The van der Waals surface area contributed by atoms with Gasteiger partial charge in [0, 0.05) is 30.1 Å². The first-order chi connectivity index (χ1) is 21.1. The SMILES string of the molecule is CC(C)CNC(=O)C(Cc1ccccc1)N(Cc1ccccc1F)C(=O)CN(c1ccccc1)S(=O)(=O)c1ccc(Cl)cc1. The summed E-state index contributed by atoms with van der Waals surface area (Å²) in [6, 6.07) is 28.0. The van der Waals surface area contributed by atoms with Gasteiger partial charge in [-0.2, -0.15) is 0 Å². The molecule has 0 aliphatic heterocycles. The number of carbonyl (C=O) groups is 2. The van der Waals surface area contributed by atoms with Gasteiger partial charge in [0.1, 0.15) is 18.4 Å². The molecule has 1 N–H and O–H groups in total. The van der Waals surface area contributed by atoms with Crippen LogP contribution in [0.25, 0.3) is 0 Å². The van der Waals surface area contributed by atoms with Crippen LogP contribution in [0.1, 0.15) is 25.0 Å². The van der Waals surface area contributed by atoms with Crippen molar-refractivity contribution in [1.82, 2.24) is 10.2 Å². The second kappa shape index (κ2) is 15.0. The standard InChI is InChI=1S/C34H35ClFN3O4S/c1-25(2)22-37-34(41)32(21-26-11-5-3-6-12-26)38(23-27-13-9-10-16-31(27)36)33(40)24-39(29-14-7-4-8-15-29)44(42,43)30-19-17-28(35)18-20-30/h3-20,25,32H,21-24H2,1-2H3,(H,37,41). The number of hydrogen-bond acceptors (Lipinski definition) is 4. The van der Waals surface area contributed by atoms with Crippen molar-refractivity contribution in [1.29, 1.82) is 0 Å². The van der Waals surface area contributed by atoms with Crippen LogP contribution >= 0.6 is 11.6 Å². The lowest BCUT2D eigenvalue weighted by Crippen LogP contribution is -2.53. The third-order valence-electron chi connectivity index (χ3n) is 6.98. The Kier molecular flexibility index (Phi) is 11.1. The zero-order valence-electron chi connectivity index (χ0n) is 24.6. The van der Waals surface area contributed by atoms with E-state index in [-0.39, 0.29) is 35.0 Å². The first kappa shape index (κ1) is 32.7. The summed E-state index contributed by atoms with van der Waals surface area (Å²) in [7, 11) is -4.25. The number of hydrogen-bond donors (Lipinski definition) is 1. The van der Waals surface area contributed by atoms with Crippen LogP contribution < -0.4 is 9.62 Å². The molecule has 0 aromatic heterocycles. The minimum Gasteiger partial charge on any atom is -0.354 e. The van der Waals surface area contributed by atoms with Crippen LogP contribution in [0.4, 0.5) is 10.1 Å². The molecule has 7 nitrogen and oxygen atoms in total. The quantitative estimate of drug-likeness (QED) is 0.193. The van der Waals surface area contributed by atoms with Gasteiger partial charge in [0.25, 0.3) is 10.0 Å². The van der Waals surface area contributed by atoms with Gasteiger partial charge >= 0.3 is 0 Å². The average molecular weight is 636 g/mol. The molecule has 10 heteroatoms. The van der Waals surface area contributed by atoms with Gasteiger partial charge in [0.2, 0.25) is 11.8 Å². The molecule has 0 saturated carbocycles. The van der Waals surface area contributed by atoms with Gasteiger partial charge in [-0.15, -0.1) is 0 Å². The van der Waals surface area contributed by atoms with E-state index in [1.807, 2.05) is 44.2 Å². The van der Waals surface area contributed by atoms with Crippen molar-refractivity contribution in [2.75, 3.05) is 17.4 Å². The van der Waals surface area contributed by atoms with Crippen LogP contribution in [0.5, 0.6) is 0 Å². The number of nitrogens with one attached hydrogen (secondary N) is 1. The Morgan fingerprint density at radius 3 is 2.05 bits per heavy atom. The summed E-state index contributed by atoms with van der Waals surface area (Å²) < 4.78 is 43.9. The van der Waals surface area contributed by atoms with Crippen LogP contribution in [0.2, 0.25) is 5.02 Å². The van der Waals surface area contributed by atoms with Crippen molar-refractivity contribution in [2.24, 2.45) is 5.92 Å². The van der Waals surface area contributed by atoms with Crippen LogP contribution in [-0.4, -0.2) is 44.3 Å². The molecule has 0 radical (unpaired) electrons. The van der Waals surface area contributed by atoms with Crippen molar-refractivity contribution in [3.8, 4) is 0 Å². The number of sulfonamides is 1. The summed E-state index contributed by atoms with van der Waals surface area (Å²) in [6.07, 6.45) is 0.139. The van der Waals surface area contributed by atoms with Crippen molar-refractivity contribution < 1.29 is 22.4 Å². The largest absolute Gasteiger partial charge is 0.354 e. The van der Waals surface area contributed by atoms with Crippen LogP contribution in [-0.2, 0) is 32.6 Å². The van der Waals surface area contributed by atoms with E-state index in [0.717, 1.165) is 9.87 Å². The van der Waals surface area contributed by atoms with Crippen LogP contribution in [0.3, 0.4) is 0 Å². The second-order valence-corrected chi connectivity index (χ2v) is 13.1. The molecule has 0 bridgehead atoms. The van der Waals surface area contributed by atoms with E-state index in [9.17, 15) is 22.4 Å². The Bertz CT molecular complexity index is 1650. The molecule has 0 fully saturated rings. The number of nitrogens with zero attached hydrogens (tertiary/aromatic N) is 2. The van der Waals surface area contributed by atoms with Crippen molar-refractivity contribution in [3.63, 3.8) is 0 Å². The first-order valence-corrected chi connectivity index (χ1v) is 16.1. The maximum atomic E-state index is 15.0.